The fourth-order valence-corrected chi connectivity index (χ4v) is 2.56. The van der Waals surface area contributed by atoms with E-state index in [9.17, 15) is 0 Å². The van der Waals surface area contributed by atoms with Gasteiger partial charge in [0.1, 0.15) is 5.00 Å². The molecule has 86 valence electrons. The molecule has 0 aliphatic carbocycles. The molecule has 1 N–H and O–H groups in total. The average Bonchev–Trinajstić information content (AvgIpc) is 2.73. The first-order chi connectivity index (χ1) is 7.92. The van der Waals surface area contributed by atoms with Gasteiger partial charge in [0.2, 0.25) is 0 Å². The largest absolute Gasteiger partial charge is 0.375 e. The molecule has 3 heteroatoms. The molecular formula is C13H18N2S. The molecule has 16 heavy (non-hydrogen) atoms. The van der Waals surface area contributed by atoms with Crippen LogP contribution in [0.25, 0.3) is 10.9 Å². The number of hydrogen-bond donors (Lipinski definition) is 1. The van der Waals surface area contributed by atoms with E-state index in [0.29, 0.717) is 0 Å². The third-order valence-corrected chi connectivity index (χ3v) is 3.53. The van der Waals surface area contributed by atoms with Crippen LogP contribution in [0.5, 0.6) is 0 Å². The first kappa shape index (κ1) is 11.4. The lowest BCUT2D eigenvalue weighted by Crippen LogP contribution is -1.99. The Bertz CT molecular complexity index is 436. The lowest BCUT2D eigenvalue weighted by molar-refractivity contribution is 0.685. The van der Waals surface area contributed by atoms with E-state index in [1.54, 1.807) is 11.5 Å². The van der Waals surface area contributed by atoms with E-state index in [1.807, 2.05) is 6.07 Å². The minimum absolute atomic E-state index is 1.06. The molecule has 0 saturated heterocycles. The van der Waals surface area contributed by atoms with Gasteiger partial charge in [0.25, 0.3) is 0 Å². The summed E-state index contributed by atoms with van der Waals surface area (Å²) < 4.78 is 4.41. The summed E-state index contributed by atoms with van der Waals surface area (Å²) in [5.74, 6) is 0. The molecule has 2 aromatic rings. The highest BCUT2D eigenvalue weighted by atomic mass is 32.1. The van der Waals surface area contributed by atoms with Crippen LogP contribution >= 0.6 is 11.5 Å². The fourth-order valence-electron chi connectivity index (χ4n) is 1.77. The first-order valence-electron chi connectivity index (χ1n) is 6.00. The van der Waals surface area contributed by atoms with Crippen molar-refractivity contribution >= 4 is 27.4 Å². The van der Waals surface area contributed by atoms with E-state index in [2.05, 4.69) is 34.8 Å². The summed E-state index contributed by atoms with van der Waals surface area (Å²) in [5, 5.41) is 5.95. The standard InChI is InChI=1S/C13H18N2S/c1-2-3-4-7-10-14-13-11-8-5-6-9-12(11)15-16-13/h5-6,8-9,14H,2-4,7,10H2,1H3. The molecule has 0 saturated carbocycles. The number of nitrogens with zero attached hydrogens (tertiary/aromatic N) is 1. The molecule has 0 aliphatic rings. The molecule has 0 atom stereocenters. The van der Waals surface area contributed by atoms with E-state index in [1.165, 1.54) is 36.1 Å². The van der Waals surface area contributed by atoms with Crippen molar-refractivity contribution in [3.8, 4) is 0 Å². The molecule has 0 amide bonds. The molecule has 2 nitrogen and oxygen atoms in total. The molecule has 0 bridgehead atoms. The monoisotopic (exact) mass is 234 g/mol. The van der Waals surface area contributed by atoms with E-state index in [-0.39, 0.29) is 0 Å². The molecule has 0 unspecified atom stereocenters. The molecular weight excluding hydrogens is 216 g/mol. The lowest BCUT2D eigenvalue weighted by Gasteiger charge is -2.03. The van der Waals surface area contributed by atoms with E-state index < -0.39 is 0 Å². The van der Waals surface area contributed by atoms with Gasteiger partial charge in [-0.25, -0.2) is 0 Å². The smallest absolute Gasteiger partial charge is 0.117 e. The predicted molar refractivity (Wildman–Crippen MR) is 72.3 cm³/mol. The topological polar surface area (TPSA) is 24.9 Å². The second-order valence-electron chi connectivity index (χ2n) is 4.02. The molecule has 0 spiro atoms. The molecule has 1 aromatic heterocycles. The van der Waals surface area contributed by atoms with Gasteiger partial charge >= 0.3 is 0 Å². The number of rotatable bonds is 6. The Morgan fingerprint density at radius 3 is 2.94 bits per heavy atom. The van der Waals surface area contributed by atoms with Crippen molar-refractivity contribution < 1.29 is 0 Å². The molecule has 0 fully saturated rings. The van der Waals surface area contributed by atoms with E-state index in [4.69, 9.17) is 0 Å². The SMILES string of the molecule is CCCCCCNc1snc2ccccc12. The number of aromatic nitrogens is 1. The van der Waals surface area contributed by atoms with Crippen molar-refractivity contribution in [3.63, 3.8) is 0 Å². The maximum absolute atomic E-state index is 4.41. The van der Waals surface area contributed by atoms with Gasteiger partial charge in [-0.15, -0.1) is 0 Å². The van der Waals surface area contributed by atoms with Crippen molar-refractivity contribution in [1.29, 1.82) is 0 Å². The summed E-state index contributed by atoms with van der Waals surface area (Å²) >= 11 is 1.57. The minimum Gasteiger partial charge on any atom is -0.375 e. The van der Waals surface area contributed by atoms with Gasteiger partial charge in [0.05, 0.1) is 5.52 Å². The Kier molecular flexibility index (Phi) is 4.17. The van der Waals surface area contributed by atoms with Crippen molar-refractivity contribution in [2.75, 3.05) is 11.9 Å². The Morgan fingerprint density at radius 2 is 2.06 bits per heavy atom. The van der Waals surface area contributed by atoms with Crippen LogP contribution in [0.2, 0.25) is 0 Å². The summed E-state index contributed by atoms with van der Waals surface area (Å²) in [7, 11) is 0. The third-order valence-electron chi connectivity index (χ3n) is 2.70. The van der Waals surface area contributed by atoms with Crippen LogP contribution < -0.4 is 5.32 Å². The van der Waals surface area contributed by atoms with Crippen LogP contribution in [0.3, 0.4) is 0 Å². The molecule has 2 rings (SSSR count). The van der Waals surface area contributed by atoms with E-state index in [0.717, 1.165) is 12.1 Å². The van der Waals surface area contributed by atoms with Gasteiger partial charge < -0.3 is 5.32 Å². The minimum atomic E-state index is 1.06. The molecule has 1 heterocycles. The number of fused-ring (bicyclic) bond motifs is 1. The van der Waals surface area contributed by atoms with Gasteiger partial charge in [-0.3, -0.25) is 0 Å². The molecule has 0 aliphatic heterocycles. The number of benzene rings is 1. The first-order valence-corrected chi connectivity index (χ1v) is 6.77. The van der Waals surface area contributed by atoms with Gasteiger partial charge in [-0.1, -0.05) is 38.3 Å². The van der Waals surface area contributed by atoms with Crippen LogP contribution in [0.4, 0.5) is 5.00 Å². The van der Waals surface area contributed by atoms with Crippen molar-refractivity contribution in [2.24, 2.45) is 0 Å². The molecule has 1 aromatic carbocycles. The zero-order chi connectivity index (χ0) is 11.2. The number of hydrogen-bond acceptors (Lipinski definition) is 3. The number of unbranched alkanes of at least 4 members (excludes halogenated alkanes) is 3. The summed E-state index contributed by atoms with van der Waals surface area (Å²) in [5.41, 5.74) is 1.10. The Morgan fingerprint density at radius 1 is 1.19 bits per heavy atom. The number of nitrogens with one attached hydrogen (secondary N) is 1. The van der Waals surface area contributed by atoms with Gasteiger partial charge in [0, 0.05) is 11.9 Å². The second kappa shape index (κ2) is 5.85. The molecule has 0 radical (unpaired) electrons. The summed E-state index contributed by atoms with van der Waals surface area (Å²) in [6.45, 7) is 3.30. The average molecular weight is 234 g/mol. The predicted octanol–water partition coefficient (Wildman–Crippen LogP) is 4.29. The maximum atomic E-state index is 4.41. The number of anilines is 1. The van der Waals surface area contributed by atoms with Crippen LogP contribution in [0.15, 0.2) is 24.3 Å². The summed E-state index contributed by atoms with van der Waals surface area (Å²) in [4.78, 5) is 0. The second-order valence-corrected chi connectivity index (χ2v) is 4.79. The van der Waals surface area contributed by atoms with E-state index >= 15 is 0 Å². The van der Waals surface area contributed by atoms with Crippen LogP contribution in [-0.2, 0) is 0 Å². The van der Waals surface area contributed by atoms with Gasteiger partial charge in [-0.05, 0) is 30.1 Å². The van der Waals surface area contributed by atoms with Crippen molar-refractivity contribution in [1.82, 2.24) is 4.37 Å². The summed E-state index contributed by atoms with van der Waals surface area (Å²) in [6.07, 6.45) is 5.20. The quantitative estimate of drug-likeness (QED) is 0.754. The Labute approximate surface area is 101 Å². The van der Waals surface area contributed by atoms with Crippen molar-refractivity contribution in [3.05, 3.63) is 24.3 Å². The lowest BCUT2D eigenvalue weighted by atomic mass is 10.2. The van der Waals surface area contributed by atoms with Crippen LogP contribution in [-0.4, -0.2) is 10.9 Å². The van der Waals surface area contributed by atoms with Gasteiger partial charge in [-0.2, -0.15) is 4.37 Å². The highest BCUT2D eigenvalue weighted by Gasteiger charge is 2.03. The highest BCUT2D eigenvalue weighted by Crippen LogP contribution is 2.27. The normalized spacial score (nSPS) is 10.8. The zero-order valence-corrected chi connectivity index (χ0v) is 10.5. The zero-order valence-electron chi connectivity index (χ0n) is 9.70. The Hall–Kier alpha value is -1.09. The fraction of sp³-hybridized carbons (Fsp3) is 0.462. The summed E-state index contributed by atoms with van der Waals surface area (Å²) in [6, 6.07) is 8.30. The third kappa shape index (κ3) is 2.73. The van der Waals surface area contributed by atoms with Crippen molar-refractivity contribution in [2.45, 2.75) is 32.6 Å². The maximum Gasteiger partial charge on any atom is 0.117 e. The van der Waals surface area contributed by atoms with Crippen LogP contribution in [0, 0.1) is 0 Å². The Balaban J connectivity index is 1.89. The highest BCUT2D eigenvalue weighted by molar-refractivity contribution is 7.11. The van der Waals surface area contributed by atoms with Crippen LogP contribution in [0.1, 0.15) is 32.6 Å². The van der Waals surface area contributed by atoms with Gasteiger partial charge in [0.15, 0.2) is 0 Å².